The molecule has 10 heteroatoms. The molecule has 4 heterocycles. The summed E-state index contributed by atoms with van der Waals surface area (Å²) in [6.45, 7) is 1.83. The molecular weight excluding hydrogens is 534 g/mol. The first-order chi connectivity index (χ1) is 18.9. The second kappa shape index (κ2) is 10.0. The lowest BCUT2D eigenvalue weighted by Crippen LogP contribution is -2.18. The van der Waals surface area contributed by atoms with Gasteiger partial charge in [0.2, 0.25) is 0 Å². The summed E-state index contributed by atoms with van der Waals surface area (Å²) in [4.78, 5) is 26.0. The number of anilines is 1. The molecular formula is C29H23N3O5S2. The van der Waals surface area contributed by atoms with E-state index in [0.717, 1.165) is 41.2 Å². The van der Waals surface area contributed by atoms with Crippen molar-refractivity contribution in [2.45, 2.75) is 19.4 Å². The largest absolute Gasteiger partial charge is 0.481 e. The van der Waals surface area contributed by atoms with Crippen molar-refractivity contribution in [1.82, 2.24) is 9.78 Å². The summed E-state index contributed by atoms with van der Waals surface area (Å²) in [7, 11) is 1.78. The van der Waals surface area contributed by atoms with E-state index >= 15 is 0 Å². The van der Waals surface area contributed by atoms with E-state index in [2.05, 4.69) is 22.5 Å². The first-order valence-electron chi connectivity index (χ1n) is 12.2. The second-order valence-electron chi connectivity index (χ2n) is 9.11. The van der Waals surface area contributed by atoms with Gasteiger partial charge in [-0.05, 0) is 48.4 Å². The molecule has 2 N–H and O–H groups in total. The molecule has 8 nitrogen and oxygen atoms in total. The Hall–Kier alpha value is -4.41. The van der Waals surface area contributed by atoms with E-state index in [4.69, 9.17) is 9.15 Å². The molecule has 0 radical (unpaired) electrons. The minimum Gasteiger partial charge on any atom is -0.481 e. The molecule has 0 unspecified atom stereocenters. The van der Waals surface area contributed by atoms with E-state index in [9.17, 15) is 14.7 Å². The van der Waals surface area contributed by atoms with Crippen molar-refractivity contribution in [2.75, 3.05) is 5.32 Å². The Morgan fingerprint density at radius 2 is 1.82 bits per heavy atom. The number of benzene rings is 2. The zero-order valence-electron chi connectivity index (χ0n) is 21.0. The van der Waals surface area contributed by atoms with Crippen LogP contribution in [0.15, 0.2) is 77.5 Å². The molecule has 0 aliphatic rings. The van der Waals surface area contributed by atoms with Crippen LogP contribution >= 0.6 is 22.7 Å². The maximum absolute atomic E-state index is 12.7. The molecule has 39 heavy (non-hydrogen) atoms. The normalized spacial score (nSPS) is 12.2. The van der Waals surface area contributed by atoms with Crippen molar-refractivity contribution in [3.8, 4) is 20.9 Å². The minimum atomic E-state index is -0.893. The number of carboxylic acid groups (broad SMARTS) is 1. The van der Waals surface area contributed by atoms with Gasteiger partial charge in [0.25, 0.3) is 0 Å². The number of hydrogen-bond donors (Lipinski definition) is 2. The number of fused-ring (bicyclic) bond motifs is 2. The summed E-state index contributed by atoms with van der Waals surface area (Å²) in [5.41, 5.74) is 4.06. The molecule has 0 aliphatic carbocycles. The summed E-state index contributed by atoms with van der Waals surface area (Å²) in [6, 6.07) is 19.6. The number of thiophene rings is 2. The molecule has 1 amide bonds. The van der Waals surface area contributed by atoms with Crippen LogP contribution in [-0.2, 0) is 23.0 Å². The number of rotatable bonds is 7. The number of carboxylic acids is 1. The third-order valence-corrected chi connectivity index (χ3v) is 8.84. The second-order valence-corrected chi connectivity index (χ2v) is 11.3. The summed E-state index contributed by atoms with van der Waals surface area (Å²) in [5, 5.41) is 17.2. The molecule has 0 bridgehead atoms. The van der Waals surface area contributed by atoms with Crippen molar-refractivity contribution in [2.24, 2.45) is 7.05 Å². The van der Waals surface area contributed by atoms with Gasteiger partial charge < -0.3 is 14.3 Å². The number of aliphatic carboxylic acids is 1. The molecule has 6 rings (SSSR count). The Balaban J connectivity index is 1.24. The van der Waals surface area contributed by atoms with E-state index in [1.165, 1.54) is 6.26 Å². The maximum atomic E-state index is 12.7. The van der Waals surface area contributed by atoms with Crippen molar-refractivity contribution in [3.63, 3.8) is 0 Å². The SMILES string of the molecule is C[C@@H](OC(=O)Nc1c(-c2cc3sc(-c4ccc5occ(CC(=O)O)c5c4)cc3s2)cnn1C)c1ccccc1. The summed E-state index contributed by atoms with van der Waals surface area (Å²) < 4.78 is 15.0. The van der Waals surface area contributed by atoms with E-state index in [0.29, 0.717) is 17.0 Å². The smallest absolute Gasteiger partial charge is 0.413 e. The standard InChI is InChI=1S/C29H23N3O5S2/c1-16(17-6-4-3-5-7-17)37-29(35)31-28-21(14-30-32(28)2)24-13-26-25(39-24)12-23(38-26)18-8-9-22-20(10-18)19(15-36-22)11-27(33)34/h3-10,12-16H,11H2,1-2H3,(H,31,35)(H,33,34)/t16-/m1/s1. The van der Waals surface area contributed by atoms with Crippen molar-refractivity contribution in [3.05, 3.63) is 84.3 Å². The Morgan fingerprint density at radius 3 is 2.59 bits per heavy atom. The fourth-order valence-electron chi connectivity index (χ4n) is 4.49. The third kappa shape index (κ3) is 4.91. The highest BCUT2D eigenvalue weighted by Gasteiger charge is 2.20. The van der Waals surface area contributed by atoms with Gasteiger partial charge in [-0.1, -0.05) is 30.3 Å². The highest BCUT2D eigenvalue weighted by Crippen LogP contribution is 2.44. The number of ether oxygens (including phenoxy) is 1. The number of aromatic nitrogens is 2. The number of furan rings is 1. The van der Waals surface area contributed by atoms with Crippen LogP contribution in [0.5, 0.6) is 0 Å². The number of carbonyl (C=O) groups is 2. The fraction of sp³-hybridized carbons (Fsp3) is 0.138. The first-order valence-corrected chi connectivity index (χ1v) is 13.8. The van der Waals surface area contributed by atoms with Gasteiger partial charge in [0, 0.05) is 37.2 Å². The number of amides is 1. The van der Waals surface area contributed by atoms with Crippen LogP contribution in [0.2, 0.25) is 0 Å². The van der Waals surface area contributed by atoms with Crippen LogP contribution in [0.1, 0.15) is 24.2 Å². The predicted molar refractivity (Wildman–Crippen MR) is 153 cm³/mol. The molecule has 0 saturated heterocycles. The monoisotopic (exact) mass is 557 g/mol. The molecule has 2 aromatic carbocycles. The number of nitrogens with zero attached hydrogens (tertiary/aromatic N) is 2. The Morgan fingerprint density at radius 1 is 1.08 bits per heavy atom. The molecule has 0 aliphatic heterocycles. The van der Waals surface area contributed by atoms with Crippen LogP contribution in [0, 0.1) is 0 Å². The number of hydrogen-bond acceptors (Lipinski definition) is 7. The topological polar surface area (TPSA) is 107 Å². The lowest BCUT2D eigenvalue weighted by atomic mass is 10.1. The number of carbonyl (C=O) groups excluding carboxylic acids is 1. The highest BCUT2D eigenvalue weighted by atomic mass is 32.1. The molecule has 4 aromatic heterocycles. The van der Waals surface area contributed by atoms with Gasteiger partial charge >= 0.3 is 12.1 Å². The lowest BCUT2D eigenvalue weighted by Gasteiger charge is -2.14. The zero-order chi connectivity index (χ0) is 27.1. The van der Waals surface area contributed by atoms with E-state index < -0.39 is 18.2 Å². The molecule has 1 atom stereocenters. The Labute approximate surface area is 231 Å². The van der Waals surface area contributed by atoms with Crippen LogP contribution in [0.4, 0.5) is 10.6 Å². The van der Waals surface area contributed by atoms with Crippen LogP contribution in [-0.4, -0.2) is 26.9 Å². The lowest BCUT2D eigenvalue weighted by molar-refractivity contribution is -0.136. The van der Waals surface area contributed by atoms with Gasteiger partial charge in [0.15, 0.2) is 0 Å². The van der Waals surface area contributed by atoms with Gasteiger partial charge in [-0.3, -0.25) is 14.8 Å². The average molecular weight is 558 g/mol. The van der Waals surface area contributed by atoms with Crippen molar-refractivity contribution < 1.29 is 23.8 Å². The van der Waals surface area contributed by atoms with Crippen LogP contribution in [0.25, 0.3) is 41.3 Å². The summed E-state index contributed by atoms with van der Waals surface area (Å²) in [5.74, 6) is -0.332. The fourth-order valence-corrected chi connectivity index (χ4v) is 6.89. The van der Waals surface area contributed by atoms with Gasteiger partial charge in [-0.25, -0.2) is 4.79 Å². The van der Waals surface area contributed by atoms with Crippen molar-refractivity contribution >= 4 is 60.9 Å². The van der Waals surface area contributed by atoms with Crippen LogP contribution < -0.4 is 5.32 Å². The predicted octanol–water partition coefficient (Wildman–Crippen LogP) is 7.71. The highest BCUT2D eigenvalue weighted by molar-refractivity contribution is 7.31. The van der Waals surface area contributed by atoms with E-state index in [1.807, 2.05) is 55.5 Å². The third-order valence-electron chi connectivity index (χ3n) is 6.46. The Bertz CT molecular complexity index is 1800. The summed E-state index contributed by atoms with van der Waals surface area (Å²) in [6.07, 6.45) is 2.23. The van der Waals surface area contributed by atoms with Gasteiger partial charge in [0.1, 0.15) is 17.5 Å². The number of nitrogens with one attached hydrogen (secondary N) is 1. The first kappa shape index (κ1) is 24.9. The van der Waals surface area contributed by atoms with Gasteiger partial charge in [-0.2, -0.15) is 5.10 Å². The van der Waals surface area contributed by atoms with Gasteiger partial charge in [-0.15, -0.1) is 22.7 Å². The molecule has 0 fully saturated rings. The maximum Gasteiger partial charge on any atom is 0.413 e. The molecule has 6 aromatic rings. The zero-order valence-corrected chi connectivity index (χ0v) is 22.6. The quantitative estimate of drug-likeness (QED) is 0.208. The van der Waals surface area contributed by atoms with Gasteiger partial charge in [0.05, 0.1) is 24.4 Å². The van der Waals surface area contributed by atoms with E-state index in [-0.39, 0.29) is 6.42 Å². The van der Waals surface area contributed by atoms with Crippen molar-refractivity contribution in [1.29, 1.82) is 0 Å². The molecule has 0 spiro atoms. The average Bonchev–Trinajstić information content (AvgIpc) is 3.68. The summed E-state index contributed by atoms with van der Waals surface area (Å²) >= 11 is 3.27. The van der Waals surface area contributed by atoms with E-state index in [1.54, 1.807) is 40.6 Å². The molecule has 0 saturated carbocycles. The van der Waals surface area contributed by atoms with Crippen LogP contribution in [0.3, 0.4) is 0 Å². The molecule has 196 valence electrons. The number of aryl methyl sites for hydroxylation is 1. The minimum absolute atomic E-state index is 0.0838. The Kier molecular flexibility index (Phi) is 6.41.